The number of benzene rings is 1. The molecule has 4 amide bonds. The van der Waals surface area contributed by atoms with E-state index in [0.29, 0.717) is 24.9 Å². The van der Waals surface area contributed by atoms with Gasteiger partial charge in [-0.3, -0.25) is 34.3 Å². The first-order chi connectivity index (χ1) is 15.1. The van der Waals surface area contributed by atoms with Crippen LogP contribution < -0.4 is 11.1 Å². The van der Waals surface area contributed by atoms with Crippen molar-refractivity contribution in [1.82, 2.24) is 15.1 Å². The zero-order valence-corrected chi connectivity index (χ0v) is 17.4. The average molecular weight is 446 g/mol. The van der Waals surface area contributed by atoms with Crippen molar-refractivity contribution in [3.05, 3.63) is 34.9 Å². The molecule has 170 valence electrons. The lowest BCUT2D eigenvalue weighted by Crippen LogP contribution is -2.71. The normalized spacial score (nSPS) is 32.2. The summed E-state index contributed by atoms with van der Waals surface area (Å²) >= 11 is 0. The molecule has 3 fully saturated rings. The zero-order valence-electron chi connectivity index (χ0n) is 17.4. The van der Waals surface area contributed by atoms with Gasteiger partial charge in [-0.2, -0.15) is 0 Å². The van der Waals surface area contributed by atoms with Crippen LogP contribution in [0.5, 0.6) is 0 Å². The van der Waals surface area contributed by atoms with Crippen LogP contribution in [0, 0.1) is 5.92 Å². The SMILES string of the molecule is NC12CCCC(CN(Cc3ccc4c(c3)C(=O)N(C3CCC(=O)NC3=O)C4=O)C1)C2(F)F. The predicted molar refractivity (Wildman–Crippen MR) is 108 cm³/mol. The lowest BCUT2D eigenvalue weighted by molar-refractivity contribution is -0.185. The Kier molecular flexibility index (Phi) is 4.72. The first-order valence-electron chi connectivity index (χ1n) is 10.8. The van der Waals surface area contributed by atoms with Crippen LogP contribution in [0.15, 0.2) is 18.2 Å². The molecule has 0 radical (unpaired) electrons. The monoisotopic (exact) mass is 446 g/mol. The number of rotatable bonds is 3. The first kappa shape index (κ1) is 21.1. The van der Waals surface area contributed by atoms with Gasteiger partial charge in [0.15, 0.2) is 0 Å². The summed E-state index contributed by atoms with van der Waals surface area (Å²) < 4.78 is 29.3. The van der Waals surface area contributed by atoms with Crippen LogP contribution in [0.3, 0.4) is 0 Å². The number of amides is 4. The van der Waals surface area contributed by atoms with Crippen LogP contribution in [-0.4, -0.2) is 64.0 Å². The van der Waals surface area contributed by atoms with Gasteiger partial charge in [-0.05, 0) is 37.0 Å². The maximum absolute atomic E-state index is 14.7. The highest BCUT2D eigenvalue weighted by atomic mass is 19.3. The number of carbonyl (C=O) groups excluding carboxylic acids is 4. The van der Waals surface area contributed by atoms with E-state index in [1.165, 1.54) is 6.07 Å². The highest BCUT2D eigenvalue weighted by molar-refractivity contribution is 6.23. The van der Waals surface area contributed by atoms with Crippen molar-refractivity contribution in [2.24, 2.45) is 11.7 Å². The molecule has 3 aliphatic heterocycles. The summed E-state index contributed by atoms with van der Waals surface area (Å²) in [6.45, 7) is 0.611. The molecule has 4 aliphatic rings. The number of carbonyl (C=O) groups is 4. The number of imide groups is 2. The van der Waals surface area contributed by atoms with E-state index in [-0.39, 0.29) is 43.5 Å². The Morgan fingerprint density at radius 3 is 2.56 bits per heavy atom. The number of nitrogens with zero attached hydrogens (tertiary/aromatic N) is 2. The van der Waals surface area contributed by atoms with Crippen LogP contribution in [0.4, 0.5) is 8.78 Å². The molecule has 3 N–H and O–H groups in total. The van der Waals surface area contributed by atoms with Crippen LogP contribution in [-0.2, 0) is 16.1 Å². The molecular formula is C22H24F2N4O4. The Bertz CT molecular complexity index is 1040. The van der Waals surface area contributed by atoms with E-state index in [9.17, 15) is 28.0 Å². The minimum Gasteiger partial charge on any atom is -0.319 e. The fourth-order valence-electron chi connectivity index (χ4n) is 5.58. The molecule has 3 heterocycles. The van der Waals surface area contributed by atoms with Crippen molar-refractivity contribution < 1.29 is 28.0 Å². The minimum atomic E-state index is -2.90. The largest absolute Gasteiger partial charge is 0.319 e. The highest BCUT2D eigenvalue weighted by Gasteiger charge is 2.61. The van der Waals surface area contributed by atoms with Gasteiger partial charge in [-0.15, -0.1) is 0 Å². The van der Waals surface area contributed by atoms with E-state index < -0.39 is 47.0 Å². The van der Waals surface area contributed by atoms with E-state index in [1.54, 1.807) is 12.1 Å². The molecule has 1 aliphatic carbocycles. The van der Waals surface area contributed by atoms with Crippen molar-refractivity contribution in [1.29, 1.82) is 0 Å². The molecule has 10 heteroatoms. The zero-order chi connectivity index (χ0) is 22.8. The standard InChI is InChI=1S/C22H24F2N4O4/c23-22(24)13-2-1-7-21(22,25)11-27(10-13)9-12-3-4-14-15(8-12)20(32)28(19(14)31)16-5-6-17(29)26-18(16)30/h3-4,8,13,16H,1-2,5-7,9-11,25H2,(H,26,29,30). The molecule has 0 spiro atoms. The van der Waals surface area contributed by atoms with E-state index in [2.05, 4.69) is 5.32 Å². The van der Waals surface area contributed by atoms with Crippen LogP contribution in [0.1, 0.15) is 58.4 Å². The number of piperidine rings is 2. The average Bonchev–Trinajstić information content (AvgIpc) is 2.94. The number of hydrogen-bond acceptors (Lipinski definition) is 6. The quantitative estimate of drug-likeness (QED) is 0.671. The molecular weight excluding hydrogens is 422 g/mol. The Hall–Kier alpha value is -2.72. The third-order valence-corrected chi connectivity index (χ3v) is 7.25. The third kappa shape index (κ3) is 3.07. The van der Waals surface area contributed by atoms with E-state index in [1.807, 2.05) is 4.90 Å². The summed E-state index contributed by atoms with van der Waals surface area (Å²) in [5.74, 6) is -5.94. The number of nitrogens with two attached hydrogens (primary N) is 1. The Morgan fingerprint density at radius 1 is 1.09 bits per heavy atom. The number of likely N-dealkylation sites (tertiary alicyclic amines) is 1. The summed E-state index contributed by atoms with van der Waals surface area (Å²) in [4.78, 5) is 52.2. The van der Waals surface area contributed by atoms with Gasteiger partial charge in [0.05, 0.1) is 16.7 Å². The van der Waals surface area contributed by atoms with Gasteiger partial charge in [0, 0.05) is 32.0 Å². The van der Waals surface area contributed by atoms with Gasteiger partial charge in [0.25, 0.3) is 17.7 Å². The van der Waals surface area contributed by atoms with E-state index >= 15 is 0 Å². The lowest BCUT2D eigenvalue weighted by atomic mass is 9.69. The topological polar surface area (TPSA) is 113 Å². The summed E-state index contributed by atoms with van der Waals surface area (Å²) in [7, 11) is 0. The van der Waals surface area contributed by atoms with Crippen molar-refractivity contribution in [2.45, 2.75) is 56.2 Å². The number of alkyl halides is 2. The summed E-state index contributed by atoms with van der Waals surface area (Å²) in [5, 5.41) is 2.17. The number of hydrogen-bond donors (Lipinski definition) is 2. The second-order valence-electron chi connectivity index (χ2n) is 9.37. The maximum atomic E-state index is 14.7. The molecule has 5 rings (SSSR count). The van der Waals surface area contributed by atoms with E-state index in [0.717, 1.165) is 4.90 Å². The number of fused-ring (bicyclic) bond motifs is 3. The van der Waals surface area contributed by atoms with E-state index in [4.69, 9.17) is 5.73 Å². The Labute approximate surface area is 183 Å². The van der Waals surface area contributed by atoms with Crippen molar-refractivity contribution in [2.75, 3.05) is 13.1 Å². The molecule has 1 saturated carbocycles. The molecule has 1 aromatic carbocycles. The summed E-state index contributed by atoms with van der Waals surface area (Å²) in [6.07, 6.45) is 1.53. The molecule has 8 nitrogen and oxygen atoms in total. The van der Waals surface area contributed by atoms with Crippen molar-refractivity contribution in [3.8, 4) is 0 Å². The van der Waals surface area contributed by atoms with Crippen molar-refractivity contribution in [3.63, 3.8) is 0 Å². The molecule has 3 atom stereocenters. The smallest absolute Gasteiger partial charge is 0.270 e. The second-order valence-corrected chi connectivity index (χ2v) is 9.37. The molecule has 3 unspecified atom stereocenters. The van der Waals surface area contributed by atoms with Crippen LogP contribution >= 0.6 is 0 Å². The highest BCUT2D eigenvalue weighted by Crippen LogP contribution is 2.48. The predicted octanol–water partition coefficient (Wildman–Crippen LogP) is 1.04. The van der Waals surface area contributed by atoms with Gasteiger partial charge in [0.1, 0.15) is 6.04 Å². The fraction of sp³-hybridized carbons (Fsp3) is 0.545. The first-order valence-corrected chi connectivity index (χ1v) is 10.8. The third-order valence-electron chi connectivity index (χ3n) is 7.25. The second kappa shape index (κ2) is 7.14. The molecule has 0 aromatic heterocycles. The van der Waals surface area contributed by atoms with Crippen molar-refractivity contribution >= 4 is 23.6 Å². The number of nitrogens with one attached hydrogen (secondary N) is 1. The molecule has 32 heavy (non-hydrogen) atoms. The van der Waals surface area contributed by atoms with Crippen LogP contribution in [0.2, 0.25) is 0 Å². The van der Waals surface area contributed by atoms with Gasteiger partial charge in [0.2, 0.25) is 11.8 Å². The summed E-state index contributed by atoms with van der Waals surface area (Å²) in [5.41, 5.74) is 5.65. The Balaban J connectivity index is 1.36. The minimum absolute atomic E-state index is 0.0522. The molecule has 1 aromatic rings. The maximum Gasteiger partial charge on any atom is 0.270 e. The number of halogens is 2. The fourth-order valence-corrected chi connectivity index (χ4v) is 5.58. The lowest BCUT2D eigenvalue weighted by Gasteiger charge is -2.53. The van der Waals surface area contributed by atoms with Gasteiger partial charge < -0.3 is 5.73 Å². The van der Waals surface area contributed by atoms with Gasteiger partial charge >= 0.3 is 0 Å². The Morgan fingerprint density at radius 2 is 1.84 bits per heavy atom. The van der Waals surface area contributed by atoms with Gasteiger partial charge in [-0.25, -0.2) is 8.78 Å². The van der Waals surface area contributed by atoms with Crippen LogP contribution in [0.25, 0.3) is 0 Å². The molecule has 2 saturated heterocycles. The van der Waals surface area contributed by atoms with Gasteiger partial charge in [-0.1, -0.05) is 12.5 Å². The molecule has 2 bridgehead atoms. The summed E-state index contributed by atoms with van der Waals surface area (Å²) in [6, 6.07) is 3.80.